The molecule has 2 aliphatic heterocycles. The van der Waals surface area contributed by atoms with Crippen molar-refractivity contribution in [2.24, 2.45) is 4.99 Å². The molecule has 2 aliphatic rings. The van der Waals surface area contributed by atoms with Gasteiger partial charge in [-0.1, -0.05) is 12.1 Å². The average molecular weight is 449 g/mol. The van der Waals surface area contributed by atoms with Crippen LogP contribution in [-0.2, 0) is 0 Å². The van der Waals surface area contributed by atoms with Crippen molar-refractivity contribution < 1.29 is 19.1 Å². The predicted octanol–water partition coefficient (Wildman–Crippen LogP) is 2.97. The number of aliphatic imine (C=N–C) groups is 1. The molecule has 0 bridgehead atoms. The second-order valence-electron chi connectivity index (χ2n) is 8.28. The molecule has 33 heavy (non-hydrogen) atoms. The van der Waals surface area contributed by atoms with E-state index >= 15 is 0 Å². The van der Waals surface area contributed by atoms with Crippen LogP contribution in [0.3, 0.4) is 0 Å². The molecule has 0 aliphatic carbocycles. The fourth-order valence-electron chi connectivity index (χ4n) is 3.95. The van der Waals surface area contributed by atoms with E-state index in [4.69, 9.17) is 9.47 Å². The van der Waals surface area contributed by atoms with E-state index in [0.29, 0.717) is 41.3 Å². The molecule has 0 radical (unpaired) electrons. The number of nitrogens with zero attached hydrogens (tertiary/aromatic N) is 3. The maximum absolute atomic E-state index is 13.3. The quantitative estimate of drug-likeness (QED) is 0.704. The lowest BCUT2D eigenvalue weighted by Crippen LogP contribution is -2.32. The summed E-state index contributed by atoms with van der Waals surface area (Å²) in [6.45, 7) is 1.38. The lowest BCUT2D eigenvalue weighted by atomic mass is 10.0. The number of ether oxygens (including phenoxy) is 2. The molecule has 2 aromatic rings. The fourth-order valence-corrected chi connectivity index (χ4v) is 3.95. The number of fused-ring (bicyclic) bond motifs is 2. The van der Waals surface area contributed by atoms with Gasteiger partial charge < -0.3 is 24.6 Å². The van der Waals surface area contributed by atoms with E-state index in [9.17, 15) is 9.59 Å². The smallest absolute Gasteiger partial charge is 0.260 e. The Morgan fingerprint density at radius 1 is 1.15 bits per heavy atom. The largest absolute Gasteiger partial charge is 0.493 e. The van der Waals surface area contributed by atoms with E-state index in [1.807, 2.05) is 49.5 Å². The van der Waals surface area contributed by atoms with Crippen LogP contribution in [0.25, 0.3) is 5.57 Å². The first-order valence-corrected chi connectivity index (χ1v) is 10.8. The highest BCUT2D eigenvalue weighted by Gasteiger charge is 2.33. The Kier molecular flexibility index (Phi) is 6.46. The number of methoxy groups -OCH3 is 2. The summed E-state index contributed by atoms with van der Waals surface area (Å²) >= 11 is 0. The Labute approximate surface area is 193 Å². The normalized spacial score (nSPS) is 16.8. The minimum atomic E-state index is -0.175. The molecule has 1 N–H and O–H groups in total. The molecule has 2 aromatic carbocycles. The van der Waals surface area contributed by atoms with Gasteiger partial charge in [0.15, 0.2) is 11.5 Å². The maximum Gasteiger partial charge on any atom is 0.260 e. The minimum Gasteiger partial charge on any atom is -0.493 e. The van der Waals surface area contributed by atoms with Gasteiger partial charge >= 0.3 is 0 Å². The van der Waals surface area contributed by atoms with Crippen LogP contribution in [0.5, 0.6) is 11.5 Å². The lowest BCUT2D eigenvalue weighted by molar-refractivity contribution is 0.0817. The Hall–Kier alpha value is -3.65. The van der Waals surface area contributed by atoms with Gasteiger partial charge in [-0.2, -0.15) is 0 Å². The van der Waals surface area contributed by atoms with Crippen LogP contribution < -0.4 is 14.8 Å². The lowest BCUT2D eigenvalue weighted by Gasteiger charge is -2.18. The molecule has 0 unspecified atom stereocenters. The van der Waals surface area contributed by atoms with Gasteiger partial charge in [0.05, 0.1) is 31.5 Å². The molecule has 2 amide bonds. The Balaban J connectivity index is 1.53. The standard InChI is InChI=1S/C25H28N4O4/c1-28(2)10-9-26-24(30)17-7-5-16(6-8-17)18-11-19-14-27-21-13-23(33-4)22(32-3)12-20(21)25(31)29(19)15-18/h5-8,12-15,19H,9-11H2,1-4H3,(H,26,30)/t19-/m0/s1. The first-order valence-electron chi connectivity index (χ1n) is 10.8. The van der Waals surface area contributed by atoms with Crippen molar-refractivity contribution in [2.75, 3.05) is 41.4 Å². The molecule has 2 heterocycles. The molecule has 8 heteroatoms. The molecule has 172 valence electrons. The van der Waals surface area contributed by atoms with Gasteiger partial charge in [-0.25, -0.2) is 0 Å². The number of benzene rings is 2. The summed E-state index contributed by atoms with van der Waals surface area (Å²) in [7, 11) is 7.02. The zero-order valence-corrected chi connectivity index (χ0v) is 19.3. The minimum absolute atomic E-state index is 0.0963. The van der Waals surface area contributed by atoms with Crippen molar-refractivity contribution in [2.45, 2.75) is 12.5 Å². The van der Waals surface area contributed by atoms with Crippen LogP contribution in [-0.4, -0.2) is 75.3 Å². The van der Waals surface area contributed by atoms with Crippen LogP contribution >= 0.6 is 0 Å². The molecule has 0 saturated heterocycles. The van der Waals surface area contributed by atoms with Gasteiger partial charge in [0.2, 0.25) is 0 Å². The summed E-state index contributed by atoms with van der Waals surface area (Å²) in [6.07, 6.45) is 4.31. The zero-order chi connectivity index (χ0) is 23.5. The van der Waals surface area contributed by atoms with Gasteiger partial charge in [0.25, 0.3) is 11.8 Å². The molecule has 0 spiro atoms. The predicted molar refractivity (Wildman–Crippen MR) is 128 cm³/mol. The highest BCUT2D eigenvalue weighted by atomic mass is 16.5. The molecule has 0 fully saturated rings. The summed E-state index contributed by atoms with van der Waals surface area (Å²) < 4.78 is 10.7. The maximum atomic E-state index is 13.3. The molecule has 0 saturated carbocycles. The molecule has 0 aromatic heterocycles. The number of hydrogen-bond acceptors (Lipinski definition) is 6. The zero-order valence-electron chi connectivity index (χ0n) is 19.3. The van der Waals surface area contributed by atoms with Gasteiger partial charge in [-0.3, -0.25) is 14.6 Å². The number of hydrogen-bond donors (Lipinski definition) is 1. The second kappa shape index (κ2) is 9.46. The van der Waals surface area contributed by atoms with E-state index in [1.54, 1.807) is 30.4 Å². The van der Waals surface area contributed by atoms with E-state index in [1.165, 1.54) is 7.11 Å². The van der Waals surface area contributed by atoms with Crippen molar-refractivity contribution in [3.63, 3.8) is 0 Å². The van der Waals surface area contributed by atoms with Gasteiger partial charge in [-0.05, 0) is 43.4 Å². The first kappa shape index (κ1) is 22.5. The third kappa shape index (κ3) is 4.61. The summed E-state index contributed by atoms with van der Waals surface area (Å²) in [5, 5.41) is 2.91. The van der Waals surface area contributed by atoms with E-state index in [-0.39, 0.29) is 17.9 Å². The SMILES string of the molecule is COc1cc2c(cc1OC)C(=O)N1C=C(c3ccc(C(=O)NCCN(C)C)cc3)C[C@H]1C=N2. The van der Waals surface area contributed by atoms with Crippen LogP contribution in [0.15, 0.2) is 47.6 Å². The van der Waals surface area contributed by atoms with Gasteiger partial charge in [0, 0.05) is 43.6 Å². The van der Waals surface area contributed by atoms with Crippen LogP contribution in [0.1, 0.15) is 32.7 Å². The van der Waals surface area contributed by atoms with Crippen molar-refractivity contribution in [1.29, 1.82) is 0 Å². The van der Waals surface area contributed by atoms with E-state index < -0.39 is 0 Å². The van der Waals surface area contributed by atoms with Crippen molar-refractivity contribution in [3.05, 3.63) is 59.3 Å². The summed E-state index contributed by atoms with van der Waals surface area (Å²) in [5.74, 6) is 0.785. The highest BCUT2D eigenvalue weighted by molar-refractivity contribution is 6.05. The highest BCUT2D eigenvalue weighted by Crippen LogP contribution is 2.39. The summed E-state index contributed by atoms with van der Waals surface area (Å²) in [6, 6.07) is 10.7. The van der Waals surface area contributed by atoms with Crippen molar-refractivity contribution in [1.82, 2.24) is 15.1 Å². The average Bonchev–Trinajstić information content (AvgIpc) is 3.20. The molecule has 1 atom stereocenters. The van der Waals surface area contributed by atoms with Gasteiger partial charge in [0.1, 0.15) is 0 Å². The summed E-state index contributed by atoms with van der Waals surface area (Å²) in [4.78, 5) is 33.9. The Bertz CT molecular complexity index is 1120. The Morgan fingerprint density at radius 2 is 1.85 bits per heavy atom. The number of amides is 2. The number of carbonyl (C=O) groups is 2. The number of rotatable bonds is 7. The first-order chi connectivity index (χ1) is 15.9. The number of nitrogens with one attached hydrogen (secondary N) is 1. The second-order valence-corrected chi connectivity index (χ2v) is 8.28. The van der Waals surface area contributed by atoms with Crippen LogP contribution in [0, 0.1) is 0 Å². The molecule has 4 rings (SSSR count). The van der Waals surface area contributed by atoms with Crippen molar-refractivity contribution >= 4 is 29.3 Å². The third-order valence-corrected chi connectivity index (χ3v) is 5.80. The molecular weight excluding hydrogens is 420 g/mol. The topological polar surface area (TPSA) is 83.5 Å². The molecular formula is C25H28N4O4. The van der Waals surface area contributed by atoms with Crippen LogP contribution in [0.2, 0.25) is 0 Å². The third-order valence-electron chi connectivity index (χ3n) is 5.80. The van der Waals surface area contributed by atoms with Crippen molar-refractivity contribution in [3.8, 4) is 11.5 Å². The number of likely N-dealkylation sites (N-methyl/N-ethyl adjacent to an activating group) is 1. The summed E-state index contributed by atoms with van der Waals surface area (Å²) in [5.41, 5.74) is 3.63. The Morgan fingerprint density at radius 3 is 2.52 bits per heavy atom. The van der Waals surface area contributed by atoms with Crippen LogP contribution in [0.4, 0.5) is 5.69 Å². The van der Waals surface area contributed by atoms with Gasteiger partial charge in [-0.15, -0.1) is 0 Å². The van der Waals surface area contributed by atoms with E-state index in [2.05, 4.69) is 10.3 Å². The molecule has 8 nitrogen and oxygen atoms in total. The van der Waals surface area contributed by atoms with E-state index in [0.717, 1.165) is 17.7 Å². The monoisotopic (exact) mass is 448 g/mol. The fraction of sp³-hybridized carbons (Fsp3) is 0.320. The number of carbonyl (C=O) groups excluding carboxylic acids is 2.